The number of carbonyl (C=O) groups excluding carboxylic acids is 1. The summed E-state index contributed by atoms with van der Waals surface area (Å²) >= 11 is 13.3. The van der Waals surface area contributed by atoms with Gasteiger partial charge >= 0.3 is 5.37 Å². The summed E-state index contributed by atoms with van der Waals surface area (Å²) < 4.78 is 0. The van der Waals surface area contributed by atoms with E-state index in [0.29, 0.717) is 5.02 Å². The number of anilines is 2. The second-order valence-electron chi connectivity index (χ2n) is 3.77. The van der Waals surface area contributed by atoms with Crippen LogP contribution in [-0.2, 0) is 0 Å². The number of amides is 1. The summed E-state index contributed by atoms with van der Waals surface area (Å²) in [4.78, 5) is 15.1. The number of hydrogen-bond donors (Lipinski definition) is 0. The SMILES string of the molecule is O=C(Cl)N1c2ccccc2Sc2cc(Cl)ccc21. The van der Waals surface area contributed by atoms with Gasteiger partial charge in [-0.05, 0) is 41.9 Å². The van der Waals surface area contributed by atoms with Crippen LogP contribution in [0.15, 0.2) is 52.3 Å². The van der Waals surface area contributed by atoms with Crippen LogP contribution < -0.4 is 4.90 Å². The Kier molecular flexibility index (Phi) is 2.98. The molecule has 0 spiro atoms. The average molecular weight is 296 g/mol. The Labute approximate surface area is 118 Å². The average Bonchev–Trinajstić information content (AvgIpc) is 2.35. The summed E-state index contributed by atoms with van der Waals surface area (Å²) in [7, 11) is 0. The van der Waals surface area contributed by atoms with E-state index in [2.05, 4.69) is 0 Å². The first kappa shape index (κ1) is 11.9. The van der Waals surface area contributed by atoms with E-state index in [1.165, 1.54) is 4.90 Å². The molecule has 1 amide bonds. The van der Waals surface area contributed by atoms with Crippen LogP contribution >= 0.6 is 35.0 Å². The molecular weight excluding hydrogens is 289 g/mol. The van der Waals surface area contributed by atoms with Gasteiger partial charge in [0.05, 0.1) is 11.4 Å². The number of para-hydroxylation sites is 1. The molecule has 90 valence electrons. The van der Waals surface area contributed by atoms with E-state index in [4.69, 9.17) is 23.2 Å². The fraction of sp³-hybridized carbons (Fsp3) is 0. The van der Waals surface area contributed by atoms with Gasteiger partial charge in [-0.15, -0.1) is 0 Å². The Bertz CT molecular complexity index is 645. The second kappa shape index (κ2) is 4.50. The van der Waals surface area contributed by atoms with Crippen molar-refractivity contribution < 1.29 is 4.79 Å². The molecule has 1 aliphatic heterocycles. The predicted molar refractivity (Wildman–Crippen MR) is 75.4 cm³/mol. The smallest absolute Gasteiger partial charge is 0.265 e. The molecule has 0 bridgehead atoms. The highest BCUT2D eigenvalue weighted by Crippen LogP contribution is 2.49. The van der Waals surface area contributed by atoms with Gasteiger partial charge in [0, 0.05) is 14.8 Å². The van der Waals surface area contributed by atoms with Crippen molar-refractivity contribution in [3.05, 3.63) is 47.5 Å². The van der Waals surface area contributed by atoms with E-state index in [9.17, 15) is 4.79 Å². The zero-order valence-corrected chi connectivity index (χ0v) is 11.4. The van der Waals surface area contributed by atoms with Gasteiger partial charge in [0.15, 0.2) is 0 Å². The van der Waals surface area contributed by atoms with Crippen molar-refractivity contribution in [2.24, 2.45) is 0 Å². The summed E-state index contributed by atoms with van der Waals surface area (Å²) in [6.45, 7) is 0. The van der Waals surface area contributed by atoms with Crippen molar-refractivity contribution in [2.45, 2.75) is 9.79 Å². The number of fused-ring (bicyclic) bond motifs is 2. The molecule has 0 fully saturated rings. The van der Waals surface area contributed by atoms with Crippen molar-refractivity contribution in [1.82, 2.24) is 0 Å². The second-order valence-corrected chi connectivity index (χ2v) is 5.61. The molecule has 2 aromatic carbocycles. The standard InChI is InChI=1S/C13H7Cl2NOS/c14-8-5-6-10-12(7-8)18-11-4-2-1-3-9(11)16(10)13(15)17/h1-7H. The van der Waals surface area contributed by atoms with Crippen LogP contribution in [-0.4, -0.2) is 5.37 Å². The lowest BCUT2D eigenvalue weighted by Crippen LogP contribution is -2.22. The largest absolute Gasteiger partial charge is 0.325 e. The minimum absolute atomic E-state index is 0.522. The van der Waals surface area contributed by atoms with Crippen LogP contribution in [0.25, 0.3) is 0 Å². The van der Waals surface area contributed by atoms with Gasteiger partial charge in [0.1, 0.15) is 0 Å². The molecule has 0 aromatic heterocycles. The lowest BCUT2D eigenvalue weighted by atomic mass is 10.2. The Morgan fingerprint density at radius 1 is 1.06 bits per heavy atom. The highest BCUT2D eigenvalue weighted by molar-refractivity contribution is 7.99. The number of hydrogen-bond acceptors (Lipinski definition) is 2. The third kappa shape index (κ3) is 1.88. The number of halogens is 2. The number of rotatable bonds is 0. The zero-order chi connectivity index (χ0) is 12.7. The van der Waals surface area contributed by atoms with Gasteiger partial charge in [-0.1, -0.05) is 35.5 Å². The number of carbonyl (C=O) groups is 1. The van der Waals surface area contributed by atoms with E-state index in [0.717, 1.165) is 21.2 Å². The molecule has 18 heavy (non-hydrogen) atoms. The maximum absolute atomic E-state index is 11.7. The first-order valence-electron chi connectivity index (χ1n) is 5.23. The predicted octanol–water partition coefficient (Wildman–Crippen LogP) is 5.30. The lowest BCUT2D eigenvalue weighted by molar-refractivity contribution is 0.266. The van der Waals surface area contributed by atoms with Gasteiger partial charge < -0.3 is 0 Å². The summed E-state index contributed by atoms with van der Waals surface area (Å²) in [6.07, 6.45) is 0. The molecule has 0 N–H and O–H groups in total. The van der Waals surface area contributed by atoms with E-state index >= 15 is 0 Å². The Hall–Kier alpha value is -1.16. The van der Waals surface area contributed by atoms with E-state index in [1.54, 1.807) is 23.9 Å². The Morgan fingerprint density at radius 2 is 1.78 bits per heavy atom. The number of nitrogens with zero attached hydrogens (tertiary/aromatic N) is 1. The fourth-order valence-electron chi connectivity index (χ4n) is 1.92. The van der Waals surface area contributed by atoms with Crippen LogP contribution in [0.5, 0.6) is 0 Å². The molecule has 0 saturated carbocycles. The summed E-state index contributed by atoms with van der Waals surface area (Å²) in [5, 5.41) is 0.119. The summed E-state index contributed by atoms with van der Waals surface area (Å²) in [5.41, 5.74) is 1.57. The fourth-order valence-corrected chi connectivity index (χ4v) is 3.44. The molecule has 5 heteroatoms. The Balaban J connectivity index is 2.23. The Morgan fingerprint density at radius 3 is 2.56 bits per heavy atom. The van der Waals surface area contributed by atoms with Gasteiger partial charge in [0.25, 0.3) is 0 Å². The van der Waals surface area contributed by atoms with Crippen LogP contribution in [0, 0.1) is 0 Å². The molecule has 0 atom stereocenters. The first-order chi connectivity index (χ1) is 8.66. The third-order valence-electron chi connectivity index (χ3n) is 2.66. The van der Waals surface area contributed by atoms with Crippen molar-refractivity contribution in [1.29, 1.82) is 0 Å². The van der Waals surface area contributed by atoms with Crippen LogP contribution in [0.2, 0.25) is 5.02 Å². The van der Waals surface area contributed by atoms with Gasteiger partial charge in [0.2, 0.25) is 0 Å². The molecule has 1 aliphatic rings. The molecule has 1 heterocycles. The zero-order valence-electron chi connectivity index (χ0n) is 9.06. The van der Waals surface area contributed by atoms with Gasteiger partial charge in [-0.25, -0.2) is 0 Å². The van der Waals surface area contributed by atoms with Gasteiger partial charge in [-0.2, -0.15) is 0 Å². The maximum atomic E-state index is 11.7. The molecule has 0 aliphatic carbocycles. The van der Waals surface area contributed by atoms with Crippen molar-refractivity contribution >= 4 is 51.7 Å². The number of benzene rings is 2. The monoisotopic (exact) mass is 295 g/mol. The first-order valence-corrected chi connectivity index (χ1v) is 6.80. The lowest BCUT2D eigenvalue weighted by Gasteiger charge is -2.29. The summed E-state index contributed by atoms with van der Waals surface area (Å²) in [6, 6.07) is 13.0. The van der Waals surface area contributed by atoms with Crippen molar-refractivity contribution in [3.63, 3.8) is 0 Å². The van der Waals surface area contributed by atoms with Crippen LogP contribution in [0.3, 0.4) is 0 Å². The van der Waals surface area contributed by atoms with E-state index in [-0.39, 0.29) is 0 Å². The van der Waals surface area contributed by atoms with Crippen molar-refractivity contribution in [3.8, 4) is 0 Å². The van der Waals surface area contributed by atoms with E-state index < -0.39 is 5.37 Å². The highest BCUT2D eigenvalue weighted by Gasteiger charge is 2.26. The summed E-state index contributed by atoms with van der Waals surface area (Å²) in [5.74, 6) is 0. The molecule has 2 nitrogen and oxygen atoms in total. The topological polar surface area (TPSA) is 20.3 Å². The maximum Gasteiger partial charge on any atom is 0.325 e. The highest BCUT2D eigenvalue weighted by atomic mass is 35.5. The normalized spacial score (nSPS) is 12.9. The minimum atomic E-state index is -0.522. The van der Waals surface area contributed by atoms with Crippen molar-refractivity contribution in [2.75, 3.05) is 4.90 Å². The van der Waals surface area contributed by atoms with Crippen LogP contribution in [0.1, 0.15) is 0 Å². The molecule has 2 aromatic rings. The van der Waals surface area contributed by atoms with Gasteiger partial charge in [-0.3, -0.25) is 9.69 Å². The molecule has 0 unspecified atom stereocenters. The molecular formula is C13H7Cl2NOS. The minimum Gasteiger partial charge on any atom is -0.265 e. The molecule has 3 rings (SSSR count). The molecule has 0 saturated heterocycles. The van der Waals surface area contributed by atoms with Crippen LogP contribution in [0.4, 0.5) is 16.2 Å². The molecule has 0 radical (unpaired) electrons. The quantitative estimate of drug-likeness (QED) is 0.485. The van der Waals surface area contributed by atoms with E-state index in [1.807, 2.05) is 30.3 Å². The third-order valence-corrected chi connectivity index (χ3v) is 4.18.